The van der Waals surface area contributed by atoms with E-state index in [1.165, 1.54) is 58.1 Å². The number of benzene rings is 4. The molecule has 292 valence electrons. The summed E-state index contributed by atoms with van der Waals surface area (Å²) in [6.45, 7) is 3.44. The Balaban J connectivity index is 1.10. The monoisotopic (exact) mass is 816 g/mol. The Labute approximate surface area is 331 Å². The second-order valence-corrected chi connectivity index (χ2v) is 15.9. The molecule has 0 radical (unpaired) electrons. The van der Waals surface area contributed by atoms with Crippen LogP contribution >= 0.6 is 0 Å². The lowest BCUT2D eigenvalue weighted by molar-refractivity contribution is 0.480. The summed E-state index contributed by atoms with van der Waals surface area (Å²) in [4.78, 5) is 1.41. The molecule has 0 aliphatic heterocycles. The lowest BCUT2D eigenvalue weighted by Gasteiger charge is -2.08. The van der Waals surface area contributed by atoms with Crippen molar-refractivity contribution < 1.29 is 25.9 Å². The Bertz CT molecular complexity index is 2910. The van der Waals surface area contributed by atoms with Crippen LogP contribution in [0.2, 0.25) is 0 Å². The van der Waals surface area contributed by atoms with Crippen LogP contribution in [0.1, 0.15) is 22.5 Å². The van der Waals surface area contributed by atoms with Gasteiger partial charge >= 0.3 is 0 Å². The molecule has 0 unspecified atom stereocenters. The highest BCUT2D eigenvalue weighted by Crippen LogP contribution is 2.29. The number of aromatic nitrogens is 12. The molecule has 4 heterocycles. The minimum Gasteiger partial charge on any atom is -0.309 e. The normalized spacial score (nSPS) is 12.2. The molecule has 0 aliphatic rings. The molecule has 4 aromatic carbocycles. The second-order valence-electron chi connectivity index (χ2n) is 13.1. The van der Waals surface area contributed by atoms with Gasteiger partial charge in [-0.3, -0.25) is 9.11 Å². The third-order valence-corrected chi connectivity index (χ3v) is 11.1. The van der Waals surface area contributed by atoms with Gasteiger partial charge in [-0.05, 0) is 49.2 Å². The second kappa shape index (κ2) is 14.5. The van der Waals surface area contributed by atoms with Gasteiger partial charge in [-0.25, -0.2) is 0 Å². The summed E-state index contributed by atoms with van der Waals surface area (Å²) >= 11 is 0. The fraction of sp³-hybridized carbons (Fsp3) is 0.105. The first-order valence-corrected chi connectivity index (χ1v) is 20.3. The predicted molar refractivity (Wildman–Crippen MR) is 212 cm³/mol. The van der Waals surface area contributed by atoms with Gasteiger partial charge in [0.15, 0.2) is 34.7 Å². The molecule has 0 amide bonds. The Morgan fingerprint density at radius 2 is 0.862 bits per heavy atom. The quantitative estimate of drug-likeness (QED) is 0.136. The molecule has 0 fully saturated rings. The molecule has 20 heteroatoms. The lowest BCUT2D eigenvalue weighted by Crippen LogP contribution is -2.06. The van der Waals surface area contributed by atoms with E-state index in [0.29, 0.717) is 46.1 Å². The highest BCUT2D eigenvalue weighted by atomic mass is 32.2. The molecule has 18 nitrogen and oxygen atoms in total. The van der Waals surface area contributed by atoms with Gasteiger partial charge in [0.2, 0.25) is 0 Å². The van der Waals surface area contributed by atoms with Crippen molar-refractivity contribution in [2.24, 2.45) is 14.1 Å². The van der Waals surface area contributed by atoms with E-state index in [1.807, 2.05) is 60.7 Å². The van der Waals surface area contributed by atoms with Crippen molar-refractivity contribution in [3.05, 3.63) is 120 Å². The van der Waals surface area contributed by atoms with Crippen LogP contribution in [-0.2, 0) is 34.3 Å². The summed E-state index contributed by atoms with van der Waals surface area (Å²) in [7, 11) is -6.06. The fourth-order valence-electron chi connectivity index (χ4n) is 6.35. The van der Waals surface area contributed by atoms with Crippen molar-refractivity contribution in [1.82, 2.24) is 59.5 Å². The van der Waals surface area contributed by atoms with Gasteiger partial charge in [0.1, 0.15) is 9.79 Å². The summed E-state index contributed by atoms with van der Waals surface area (Å²) in [6, 6.07) is 27.2. The molecule has 0 saturated heterocycles. The molecule has 4 aromatic heterocycles. The Morgan fingerprint density at radius 1 is 0.500 bits per heavy atom. The zero-order valence-corrected chi connectivity index (χ0v) is 32.7. The van der Waals surface area contributed by atoms with E-state index in [2.05, 4.69) is 40.8 Å². The SMILES string of the molecule is Cc1nn(-c2ccc(/C=C/c3ccc(-n4nc(C)c(-c5nnc(-c6ccccc6)n5C)n4)cc3S(=O)(=O)O)c(S(=O)(=O)O)c2)nc1-c1nnc(-c2ccccc2)n1C. The van der Waals surface area contributed by atoms with Crippen LogP contribution in [0.15, 0.2) is 107 Å². The number of hydrogen-bond donors (Lipinski definition) is 2. The number of rotatable bonds is 10. The largest absolute Gasteiger partial charge is 0.309 e. The van der Waals surface area contributed by atoms with Gasteiger partial charge < -0.3 is 9.13 Å². The van der Waals surface area contributed by atoms with Crippen molar-refractivity contribution in [1.29, 1.82) is 0 Å². The molecule has 8 rings (SSSR count). The summed E-state index contributed by atoms with van der Waals surface area (Å²) in [5, 5.41) is 35.3. The number of hydrogen-bond acceptors (Lipinski definition) is 12. The topological polar surface area (TPSA) is 232 Å². The van der Waals surface area contributed by atoms with E-state index in [9.17, 15) is 25.9 Å². The van der Waals surface area contributed by atoms with E-state index in [1.54, 1.807) is 37.1 Å². The van der Waals surface area contributed by atoms with E-state index in [4.69, 9.17) is 0 Å². The average molecular weight is 817 g/mol. The number of nitrogens with zero attached hydrogens (tertiary/aromatic N) is 12. The summed E-state index contributed by atoms with van der Waals surface area (Å²) in [5.74, 6) is 2.08. The lowest BCUT2D eigenvalue weighted by atomic mass is 10.1. The van der Waals surface area contributed by atoms with Gasteiger partial charge in [-0.2, -0.15) is 36.6 Å². The zero-order chi connectivity index (χ0) is 40.9. The maximum atomic E-state index is 12.7. The highest BCUT2D eigenvalue weighted by molar-refractivity contribution is 7.86. The third kappa shape index (κ3) is 7.11. The van der Waals surface area contributed by atoms with Crippen LogP contribution in [0.25, 0.3) is 69.3 Å². The van der Waals surface area contributed by atoms with Crippen molar-refractivity contribution in [2.75, 3.05) is 0 Å². The van der Waals surface area contributed by atoms with Gasteiger partial charge in [0.05, 0.1) is 22.8 Å². The molecule has 58 heavy (non-hydrogen) atoms. The molecular weight excluding hydrogens is 785 g/mol. The minimum absolute atomic E-state index is 0.00841. The Morgan fingerprint density at radius 3 is 1.22 bits per heavy atom. The molecule has 0 saturated carbocycles. The third-order valence-electron chi connectivity index (χ3n) is 9.26. The van der Waals surface area contributed by atoms with E-state index < -0.39 is 30.0 Å². The maximum absolute atomic E-state index is 12.7. The first kappa shape index (κ1) is 37.9. The average Bonchev–Trinajstić information content (AvgIpc) is 3.98. The van der Waals surface area contributed by atoms with Crippen LogP contribution in [0, 0.1) is 13.8 Å². The summed E-state index contributed by atoms with van der Waals surface area (Å²) < 4.78 is 74.7. The molecule has 2 N–H and O–H groups in total. The first-order valence-electron chi connectivity index (χ1n) is 17.4. The Kier molecular flexibility index (Phi) is 9.47. The van der Waals surface area contributed by atoms with Gasteiger partial charge in [-0.1, -0.05) is 84.9 Å². The fourth-order valence-corrected chi connectivity index (χ4v) is 7.75. The van der Waals surface area contributed by atoms with Crippen LogP contribution in [0.4, 0.5) is 0 Å². The highest BCUT2D eigenvalue weighted by Gasteiger charge is 2.23. The van der Waals surface area contributed by atoms with E-state index in [0.717, 1.165) is 11.1 Å². The van der Waals surface area contributed by atoms with Gasteiger partial charge in [0.25, 0.3) is 20.2 Å². The molecule has 0 atom stereocenters. The predicted octanol–water partition coefficient (Wildman–Crippen LogP) is 5.05. The first-order chi connectivity index (χ1) is 27.7. The Hall–Kier alpha value is -7.00. The smallest absolute Gasteiger partial charge is 0.295 e. The molecular formula is C38H32N12O6S2. The van der Waals surface area contributed by atoms with Crippen molar-refractivity contribution >= 4 is 32.4 Å². The van der Waals surface area contributed by atoms with Crippen molar-refractivity contribution in [3.8, 4) is 57.2 Å². The molecule has 0 bridgehead atoms. The van der Waals surface area contributed by atoms with Crippen LogP contribution < -0.4 is 0 Å². The maximum Gasteiger partial charge on any atom is 0.295 e. The van der Waals surface area contributed by atoms with Crippen molar-refractivity contribution in [3.63, 3.8) is 0 Å². The van der Waals surface area contributed by atoms with Gasteiger partial charge in [0, 0.05) is 25.2 Å². The van der Waals surface area contributed by atoms with E-state index >= 15 is 0 Å². The molecule has 0 aliphatic carbocycles. The minimum atomic E-state index is -4.83. The van der Waals surface area contributed by atoms with Gasteiger partial charge in [-0.15, -0.1) is 30.6 Å². The zero-order valence-electron chi connectivity index (χ0n) is 31.1. The summed E-state index contributed by atoms with van der Waals surface area (Å²) in [6.07, 6.45) is 2.59. The van der Waals surface area contributed by atoms with Crippen molar-refractivity contribution in [2.45, 2.75) is 23.6 Å². The standard InChI is InChI=1S/C38H32N12O6S2/c1-23-33(37-41-39-35(47(37)3)27-11-7-5-8-12-27)45-49(43-23)29-19-17-25(31(21-29)57(51,52)53)15-16-26-18-20-30(22-32(26)58(54,55)56)50-44-24(2)34(46-50)38-42-40-36(48(38)4)28-13-9-6-10-14-28/h5-22H,1-4H3,(H,51,52,53)(H,54,55,56)/b16-15+. The van der Waals surface area contributed by atoms with Crippen LogP contribution in [0.3, 0.4) is 0 Å². The summed E-state index contributed by atoms with van der Waals surface area (Å²) in [5.41, 5.74) is 3.89. The molecule has 0 spiro atoms. The molecule has 8 aromatic rings. The van der Waals surface area contributed by atoms with Crippen LogP contribution in [0.5, 0.6) is 0 Å². The van der Waals surface area contributed by atoms with Crippen LogP contribution in [-0.4, -0.2) is 85.5 Å². The van der Waals surface area contributed by atoms with E-state index in [-0.39, 0.29) is 22.5 Å². The number of aryl methyl sites for hydroxylation is 2.